The minimum absolute atomic E-state index is 0. The second kappa shape index (κ2) is 49.7. The Bertz CT molecular complexity index is 157. The molecule has 0 rings (SSSR count). The molecule has 0 aromatic heterocycles. The van der Waals surface area contributed by atoms with Crippen molar-refractivity contribution in [2.24, 2.45) is 0 Å². The molecule has 0 aliphatic rings. The third-order valence-corrected chi connectivity index (χ3v) is 0. The van der Waals surface area contributed by atoms with E-state index >= 15 is 0 Å². The molecule has 0 unspecified atom stereocenters. The van der Waals surface area contributed by atoms with Crippen molar-refractivity contribution < 1.29 is 53.6 Å². The first kappa shape index (κ1) is 57.4. The summed E-state index contributed by atoms with van der Waals surface area (Å²) in [6.45, 7) is 0. The van der Waals surface area contributed by atoms with Gasteiger partial charge in [0.05, 0.1) is 0 Å². The summed E-state index contributed by atoms with van der Waals surface area (Å²) in [6.07, 6.45) is 0. The van der Waals surface area contributed by atoms with Gasteiger partial charge in [-0.05, 0) is 0 Å². The fourth-order valence-corrected chi connectivity index (χ4v) is 0. The van der Waals surface area contributed by atoms with Gasteiger partial charge in [0.25, 0.3) is 0 Å². The molecule has 0 N–H and O–H groups in total. The van der Waals surface area contributed by atoms with Gasteiger partial charge in [0.2, 0.25) is 0 Å². The average Bonchev–Trinajstić information content (AvgIpc) is 1.54. The third-order valence-electron chi connectivity index (χ3n) is 0. The normalized spacial score (nSPS) is 4.00. The molecule has 0 aromatic carbocycles. The van der Waals surface area contributed by atoms with Crippen LogP contribution in [0.3, 0.4) is 0 Å². The van der Waals surface area contributed by atoms with Crippen LogP contribution >= 0.6 is 0 Å². The predicted molar refractivity (Wildman–Crippen MR) is 62.7 cm³/mol. The molecular formula is H8Al2Ca2Mg2O9Si3. The number of hydrogen-bond acceptors (Lipinski definition) is 9. The fourth-order valence-electron chi connectivity index (χ4n) is 0. The van der Waals surface area contributed by atoms with E-state index in [1.807, 2.05) is 0 Å². The van der Waals surface area contributed by atoms with Gasteiger partial charge in [0.15, 0.2) is 0 Å². The molecule has 0 aliphatic heterocycles. The first-order valence-corrected chi connectivity index (χ1v) is 5.51. The summed E-state index contributed by atoms with van der Waals surface area (Å²) in [5, 5.41) is 0. The zero-order chi connectivity index (χ0) is 10.7. The summed E-state index contributed by atoms with van der Waals surface area (Å²) in [5.41, 5.74) is 0. The smallest absolute Gasteiger partial charge is 1.00 e. The quantitative estimate of drug-likeness (QED) is 0.343. The molecule has 0 bridgehead atoms. The molecule has 0 heterocycles. The maximum Gasteiger partial charge on any atom is 3.00 e. The fraction of sp³-hybridized carbons (Fsp3) is 0. The molecular weight excluding hydrogens is 411 g/mol. The first-order valence-electron chi connectivity index (χ1n) is 1.84. The van der Waals surface area contributed by atoms with Crippen molar-refractivity contribution in [1.29, 1.82) is 0 Å². The Morgan fingerprint density at radius 1 is 0.556 bits per heavy atom. The molecule has 18 heteroatoms. The molecule has 0 radical (unpaired) electrons. The van der Waals surface area contributed by atoms with Gasteiger partial charge >= 0.3 is 156 Å². The summed E-state index contributed by atoms with van der Waals surface area (Å²) in [4.78, 5) is 51.1. The molecule has 9 nitrogen and oxygen atoms in total. The molecule has 0 fully saturated rings. The maximum absolute atomic E-state index is 8.52. The van der Waals surface area contributed by atoms with Crippen LogP contribution in [0.2, 0.25) is 0 Å². The van der Waals surface area contributed by atoms with Crippen LogP contribution in [0.5, 0.6) is 0 Å². The van der Waals surface area contributed by atoms with E-state index in [1.165, 1.54) is 0 Å². The van der Waals surface area contributed by atoms with E-state index in [0.717, 1.165) is 0 Å². The van der Waals surface area contributed by atoms with Crippen molar-refractivity contribution in [1.82, 2.24) is 0 Å². The second-order valence-electron chi connectivity index (χ2n) is 0.750. The summed E-state index contributed by atoms with van der Waals surface area (Å²) in [7, 11) is -10.9. The summed E-state index contributed by atoms with van der Waals surface area (Å²) >= 11 is 0. The topological polar surface area (TPSA) is 190 Å². The van der Waals surface area contributed by atoms with E-state index in [1.54, 1.807) is 0 Å². The van der Waals surface area contributed by atoms with Gasteiger partial charge in [-0.3, -0.25) is 0 Å². The Morgan fingerprint density at radius 2 is 0.556 bits per heavy atom. The van der Waals surface area contributed by atoms with Gasteiger partial charge in [-0.15, -0.1) is 0 Å². The van der Waals surface area contributed by atoms with Crippen LogP contribution in [0, 0.1) is 0 Å². The van der Waals surface area contributed by atoms with Crippen LogP contribution in [0.15, 0.2) is 0 Å². The summed E-state index contributed by atoms with van der Waals surface area (Å²) < 4.78 is 25.6. The maximum atomic E-state index is 8.52. The minimum atomic E-state index is -3.63. The number of rotatable bonds is 0. The van der Waals surface area contributed by atoms with Gasteiger partial charge in [-0.1, -0.05) is 0 Å². The van der Waals surface area contributed by atoms with Gasteiger partial charge in [0, 0.05) is 27.5 Å². The molecule has 0 amide bonds. The zero-order valence-electron chi connectivity index (χ0n) is 17.2. The van der Waals surface area contributed by atoms with E-state index in [9.17, 15) is 0 Å². The first-order chi connectivity index (χ1) is 5.20. The van der Waals surface area contributed by atoms with Crippen LogP contribution < -0.4 is 28.8 Å². The van der Waals surface area contributed by atoms with Crippen LogP contribution in [0.4, 0.5) is 0 Å². The Morgan fingerprint density at radius 3 is 0.556 bits per heavy atom. The van der Waals surface area contributed by atoms with Crippen molar-refractivity contribution in [3.8, 4) is 0 Å². The SMILES string of the molecule is O=[Si]([O-])[O-].O=[Si]([O-])[O-].O=[Si]([O-])[O-].[Al+3].[Al+3].[Ca+2].[Ca+2].[H-].[H-].[H-].[H-].[H-].[H-].[H-].[H-].[Mg+2].[Mg+2]. The molecule has 0 saturated carbocycles. The third kappa shape index (κ3) is 456. The Balaban J connectivity index is -0.00000000245. The van der Waals surface area contributed by atoms with Crippen LogP contribution in [-0.4, -0.2) is 184 Å². The van der Waals surface area contributed by atoms with E-state index in [4.69, 9.17) is 42.2 Å². The summed E-state index contributed by atoms with van der Waals surface area (Å²) in [5.74, 6) is 0. The molecule has 0 saturated heterocycles. The van der Waals surface area contributed by atoms with Crippen molar-refractivity contribution >= 4 is 184 Å². The second-order valence-corrected chi connectivity index (χ2v) is 2.25. The Hall–Kier alpha value is 3.97. The van der Waals surface area contributed by atoms with Gasteiger partial charge in [0.1, 0.15) is 0 Å². The number of hydrogen-bond donors (Lipinski definition) is 0. The van der Waals surface area contributed by atoms with Crippen molar-refractivity contribution in [3.05, 3.63) is 0 Å². The van der Waals surface area contributed by atoms with Gasteiger partial charge in [-0.25, -0.2) is 0 Å². The summed E-state index contributed by atoms with van der Waals surface area (Å²) in [6, 6.07) is 0. The van der Waals surface area contributed by atoms with E-state index in [0.29, 0.717) is 0 Å². The minimum Gasteiger partial charge on any atom is -1.00 e. The Labute approximate surface area is 233 Å². The molecule has 0 aliphatic carbocycles. The van der Waals surface area contributed by atoms with Crippen LogP contribution in [0.1, 0.15) is 11.4 Å². The van der Waals surface area contributed by atoms with Crippen LogP contribution in [0.25, 0.3) is 0 Å². The standard InChI is InChI=1S/2Al.2Ca.2Mg.3O3Si.8H/c;;;;;;3*1-4(2)3;;;;;;;;/q2*+3;4*+2;3*-2;8*-1. The molecule has 18 heavy (non-hydrogen) atoms. The van der Waals surface area contributed by atoms with Crippen molar-refractivity contribution in [3.63, 3.8) is 0 Å². The molecule has 0 spiro atoms. The van der Waals surface area contributed by atoms with Gasteiger partial charge < -0.3 is 53.6 Å². The van der Waals surface area contributed by atoms with Crippen LogP contribution in [-0.2, 0) is 13.4 Å². The van der Waals surface area contributed by atoms with E-state index in [-0.39, 0.29) is 168 Å². The molecule has 0 atom stereocenters. The van der Waals surface area contributed by atoms with E-state index in [2.05, 4.69) is 0 Å². The Kier molecular flexibility index (Phi) is 159. The largest absolute Gasteiger partial charge is 3.00 e. The molecule has 88 valence electrons. The van der Waals surface area contributed by atoms with E-state index < -0.39 is 27.5 Å². The average molecular weight is 419 g/mol. The van der Waals surface area contributed by atoms with Gasteiger partial charge in [-0.2, -0.15) is 0 Å². The predicted octanol–water partition coefficient (Wildman–Crippen LogP) is -10.0. The zero-order valence-corrected chi connectivity index (χ0v) is 21.7. The van der Waals surface area contributed by atoms with Crippen molar-refractivity contribution in [2.75, 3.05) is 0 Å². The van der Waals surface area contributed by atoms with Crippen molar-refractivity contribution in [2.45, 2.75) is 0 Å². The monoisotopic (exact) mass is 418 g/mol. The molecule has 0 aromatic rings.